The maximum atomic E-state index is 5.17. The molecule has 18 heavy (non-hydrogen) atoms. The van der Waals surface area contributed by atoms with Crippen LogP contribution in [0.15, 0.2) is 36.8 Å². The number of nitrogens with one attached hydrogen (secondary N) is 1. The smallest absolute Gasteiger partial charge is 0.137 e. The Morgan fingerprint density at radius 3 is 2.94 bits per heavy atom. The topological polar surface area (TPSA) is 47.0 Å². The number of rotatable bonds is 5. The molecule has 0 unspecified atom stereocenters. The number of methoxy groups -OCH3 is 1. The standard InChI is InChI=1S/C14H17N3O/c1-3-5-16-12-4-6-17-14(8-12)11-7-13(18-2)10-15-9-11/h4,6-10H,3,5H2,1-2H3,(H,16,17). The molecule has 2 aromatic rings. The molecular weight excluding hydrogens is 226 g/mol. The van der Waals surface area contributed by atoms with Crippen LogP contribution < -0.4 is 10.1 Å². The lowest BCUT2D eigenvalue weighted by atomic mass is 10.2. The van der Waals surface area contributed by atoms with Gasteiger partial charge in [0.1, 0.15) is 5.75 Å². The second kappa shape index (κ2) is 6.00. The van der Waals surface area contributed by atoms with Crippen LogP contribution in [0, 0.1) is 0 Å². The van der Waals surface area contributed by atoms with Crippen molar-refractivity contribution in [3.05, 3.63) is 36.8 Å². The Morgan fingerprint density at radius 1 is 1.28 bits per heavy atom. The maximum Gasteiger partial charge on any atom is 0.137 e. The largest absolute Gasteiger partial charge is 0.495 e. The van der Waals surface area contributed by atoms with Crippen LogP contribution in [0.1, 0.15) is 13.3 Å². The molecule has 0 bridgehead atoms. The van der Waals surface area contributed by atoms with Gasteiger partial charge in [-0.15, -0.1) is 0 Å². The summed E-state index contributed by atoms with van der Waals surface area (Å²) in [6.07, 6.45) is 6.36. The zero-order chi connectivity index (χ0) is 12.8. The third-order valence-electron chi connectivity index (χ3n) is 2.58. The van der Waals surface area contributed by atoms with Gasteiger partial charge in [-0.1, -0.05) is 6.92 Å². The summed E-state index contributed by atoms with van der Waals surface area (Å²) in [4.78, 5) is 8.50. The highest BCUT2D eigenvalue weighted by molar-refractivity contribution is 5.64. The summed E-state index contributed by atoms with van der Waals surface area (Å²) in [6, 6.07) is 5.91. The molecule has 94 valence electrons. The van der Waals surface area contributed by atoms with Gasteiger partial charge in [-0.3, -0.25) is 9.97 Å². The van der Waals surface area contributed by atoms with Crippen molar-refractivity contribution in [3.63, 3.8) is 0 Å². The number of hydrogen-bond acceptors (Lipinski definition) is 4. The number of aromatic nitrogens is 2. The zero-order valence-electron chi connectivity index (χ0n) is 10.7. The molecule has 0 aliphatic carbocycles. The van der Waals surface area contributed by atoms with Gasteiger partial charge in [-0.2, -0.15) is 0 Å². The Balaban J connectivity index is 2.26. The van der Waals surface area contributed by atoms with E-state index in [9.17, 15) is 0 Å². The van der Waals surface area contributed by atoms with Gasteiger partial charge in [0.05, 0.1) is 19.0 Å². The van der Waals surface area contributed by atoms with Crippen molar-refractivity contribution in [2.45, 2.75) is 13.3 Å². The van der Waals surface area contributed by atoms with Gasteiger partial charge >= 0.3 is 0 Å². The Hall–Kier alpha value is -2.10. The molecule has 1 N–H and O–H groups in total. The van der Waals surface area contributed by atoms with Crippen LogP contribution in [-0.4, -0.2) is 23.6 Å². The number of anilines is 1. The molecule has 0 spiro atoms. The third-order valence-corrected chi connectivity index (χ3v) is 2.58. The lowest BCUT2D eigenvalue weighted by Crippen LogP contribution is -2.00. The van der Waals surface area contributed by atoms with Gasteiger partial charge in [0.2, 0.25) is 0 Å². The Kier molecular flexibility index (Phi) is 4.12. The second-order valence-corrected chi connectivity index (χ2v) is 3.97. The molecule has 0 amide bonds. The predicted molar refractivity (Wildman–Crippen MR) is 72.8 cm³/mol. The van der Waals surface area contributed by atoms with E-state index in [2.05, 4.69) is 22.2 Å². The quantitative estimate of drug-likeness (QED) is 0.877. The SMILES string of the molecule is CCCNc1ccnc(-c2cncc(OC)c2)c1. The molecule has 4 nitrogen and oxygen atoms in total. The molecular formula is C14H17N3O. The predicted octanol–water partition coefficient (Wildman–Crippen LogP) is 2.97. The Morgan fingerprint density at radius 2 is 2.17 bits per heavy atom. The van der Waals surface area contributed by atoms with E-state index in [1.807, 2.05) is 18.2 Å². The number of nitrogens with zero attached hydrogens (tertiary/aromatic N) is 2. The number of hydrogen-bond donors (Lipinski definition) is 1. The monoisotopic (exact) mass is 243 g/mol. The fourth-order valence-electron chi connectivity index (χ4n) is 1.64. The lowest BCUT2D eigenvalue weighted by Gasteiger charge is -2.07. The van der Waals surface area contributed by atoms with Gasteiger partial charge in [0.25, 0.3) is 0 Å². The lowest BCUT2D eigenvalue weighted by molar-refractivity contribution is 0.413. The van der Waals surface area contributed by atoms with Crippen LogP contribution in [-0.2, 0) is 0 Å². The van der Waals surface area contributed by atoms with Crippen molar-refractivity contribution >= 4 is 5.69 Å². The van der Waals surface area contributed by atoms with Crippen molar-refractivity contribution in [2.75, 3.05) is 19.0 Å². The summed E-state index contributed by atoms with van der Waals surface area (Å²) >= 11 is 0. The molecule has 0 saturated carbocycles. The van der Waals surface area contributed by atoms with E-state index in [-0.39, 0.29) is 0 Å². The molecule has 0 aliphatic rings. The first-order valence-corrected chi connectivity index (χ1v) is 6.03. The summed E-state index contributed by atoms with van der Waals surface area (Å²) in [5, 5.41) is 3.34. The minimum absolute atomic E-state index is 0.737. The van der Waals surface area contributed by atoms with Crippen LogP contribution in [0.25, 0.3) is 11.3 Å². The van der Waals surface area contributed by atoms with Crippen LogP contribution >= 0.6 is 0 Å². The first-order chi connectivity index (χ1) is 8.83. The van der Waals surface area contributed by atoms with Crippen molar-refractivity contribution in [2.24, 2.45) is 0 Å². The minimum Gasteiger partial charge on any atom is -0.495 e. The molecule has 4 heteroatoms. The van der Waals surface area contributed by atoms with Crippen molar-refractivity contribution < 1.29 is 4.74 Å². The Bertz CT molecular complexity index is 514. The normalized spacial score (nSPS) is 10.1. The zero-order valence-corrected chi connectivity index (χ0v) is 10.7. The van der Waals surface area contributed by atoms with Gasteiger partial charge < -0.3 is 10.1 Å². The molecule has 2 heterocycles. The number of ether oxygens (including phenoxy) is 1. The van der Waals surface area contributed by atoms with Gasteiger partial charge in [0, 0.05) is 30.2 Å². The van der Waals surface area contributed by atoms with Crippen LogP contribution in [0.4, 0.5) is 5.69 Å². The van der Waals surface area contributed by atoms with E-state index in [0.29, 0.717) is 0 Å². The molecule has 0 aliphatic heterocycles. The summed E-state index contributed by atoms with van der Waals surface area (Å²) in [5.41, 5.74) is 2.92. The molecule has 2 aromatic heterocycles. The fourth-order valence-corrected chi connectivity index (χ4v) is 1.64. The molecule has 0 aromatic carbocycles. The summed E-state index contributed by atoms with van der Waals surface area (Å²) in [6.45, 7) is 3.10. The molecule has 2 rings (SSSR count). The van der Waals surface area contributed by atoms with E-state index in [0.717, 1.165) is 35.7 Å². The molecule has 0 fully saturated rings. The molecule has 0 saturated heterocycles. The van der Waals surface area contributed by atoms with E-state index in [4.69, 9.17) is 4.74 Å². The summed E-state index contributed by atoms with van der Waals surface area (Å²) < 4.78 is 5.17. The van der Waals surface area contributed by atoms with Crippen molar-refractivity contribution in [1.29, 1.82) is 0 Å². The van der Waals surface area contributed by atoms with Gasteiger partial charge in [-0.05, 0) is 24.6 Å². The van der Waals surface area contributed by atoms with Crippen LogP contribution in [0.3, 0.4) is 0 Å². The fraction of sp³-hybridized carbons (Fsp3) is 0.286. The first kappa shape index (κ1) is 12.4. The van der Waals surface area contributed by atoms with E-state index in [1.54, 1.807) is 25.7 Å². The second-order valence-electron chi connectivity index (χ2n) is 3.97. The average Bonchev–Trinajstić information content (AvgIpc) is 2.45. The number of pyridine rings is 2. The average molecular weight is 243 g/mol. The Labute approximate surface area is 107 Å². The third kappa shape index (κ3) is 2.97. The van der Waals surface area contributed by atoms with E-state index >= 15 is 0 Å². The van der Waals surface area contributed by atoms with Gasteiger partial charge in [-0.25, -0.2) is 0 Å². The van der Waals surface area contributed by atoms with Crippen molar-refractivity contribution in [1.82, 2.24) is 9.97 Å². The highest BCUT2D eigenvalue weighted by atomic mass is 16.5. The van der Waals surface area contributed by atoms with Gasteiger partial charge in [0.15, 0.2) is 0 Å². The molecule has 0 radical (unpaired) electrons. The van der Waals surface area contributed by atoms with E-state index < -0.39 is 0 Å². The van der Waals surface area contributed by atoms with Crippen LogP contribution in [0.2, 0.25) is 0 Å². The highest BCUT2D eigenvalue weighted by Gasteiger charge is 2.02. The van der Waals surface area contributed by atoms with E-state index in [1.165, 1.54) is 0 Å². The summed E-state index contributed by atoms with van der Waals surface area (Å²) in [7, 11) is 1.63. The summed E-state index contributed by atoms with van der Waals surface area (Å²) in [5.74, 6) is 0.737. The van der Waals surface area contributed by atoms with Crippen molar-refractivity contribution in [3.8, 4) is 17.0 Å². The molecule has 0 atom stereocenters. The first-order valence-electron chi connectivity index (χ1n) is 6.03. The van der Waals surface area contributed by atoms with Crippen LogP contribution in [0.5, 0.6) is 5.75 Å². The highest BCUT2D eigenvalue weighted by Crippen LogP contribution is 2.22. The maximum absolute atomic E-state index is 5.17. The minimum atomic E-state index is 0.737.